The molecule has 4 bridgehead atoms. The van der Waals surface area contributed by atoms with E-state index in [1.54, 1.807) is 12.0 Å². The van der Waals surface area contributed by atoms with Crippen molar-refractivity contribution in [2.24, 2.45) is 17.8 Å². The summed E-state index contributed by atoms with van der Waals surface area (Å²) in [5.74, 6) is 3.21. The highest BCUT2D eigenvalue weighted by molar-refractivity contribution is 7.92. The fraction of sp³-hybridized carbons (Fsp3) is 0.567. The molecule has 0 spiro atoms. The number of ether oxygens (including phenoxy) is 1. The van der Waals surface area contributed by atoms with Crippen LogP contribution < -0.4 is 13.9 Å². The molecule has 0 atom stereocenters. The Morgan fingerprint density at radius 3 is 2.05 bits per heavy atom. The molecule has 38 heavy (non-hydrogen) atoms. The van der Waals surface area contributed by atoms with Gasteiger partial charge in [-0.25, -0.2) is 8.42 Å². The average molecular weight is 538 g/mol. The lowest BCUT2D eigenvalue weighted by Gasteiger charge is -2.57. The largest absolute Gasteiger partial charge is 0.495 e. The highest BCUT2D eigenvalue weighted by atomic mass is 32.2. The summed E-state index contributed by atoms with van der Waals surface area (Å²) in [5.41, 5.74) is 3.20. The zero-order valence-electron chi connectivity index (χ0n) is 22.5. The van der Waals surface area contributed by atoms with Crippen molar-refractivity contribution in [2.45, 2.75) is 43.9 Å². The second-order valence-electron chi connectivity index (χ2n) is 12.1. The molecule has 1 aliphatic heterocycles. The molecule has 7 nitrogen and oxygen atoms in total. The number of nitrogens with zero attached hydrogens (tertiary/aromatic N) is 3. The molecule has 8 heteroatoms. The Morgan fingerprint density at radius 2 is 1.50 bits per heavy atom. The summed E-state index contributed by atoms with van der Waals surface area (Å²) in [6, 6.07) is 16.0. The SMILES string of the molecule is COc1ccccc1N1CCN(C(=O)CN(c2ccc(C34CC5CC(CC(C5)C3)C4)cc2)S(C)(=O)=O)CC1. The standard InChI is InChI=1S/C30H39N3O4S/c1-37-28-6-4-3-5-27(28)31-11-13-32(14-12-31)29(34)21-33(38(2,35)36)26-9-7-25(8-10-26)30-18-22-15-23(19-30)17-24(16-22)20-30/h3-10,22-24H,11-21H2,1-2H3. The molecule has 1 amide bonds. The molecule has 4 aliphatic carbocycles. The summed E-state index contributed by atoms with van der Waals surface area (Å²) < 4.78 is 32.4. The van der Waals surface area contributed by atoms with E-state index in [-0.39, 0.29) is 17.9 Å². The second-order valence-corrected chi connectivity index (χ2v) is 14.0. The summed E-state index contributed by atoms with van der Waals surface area (Å²) in [4.78, 5) is 17.2. The van der Waals surface area contributed by atoms with E-state index >= 15 is 0 Å². The van der Waals surface area contributed by atoms with E-state index < -0.39 is 10.0 Å². The Bertz CT molecular complexity index is 1250. The molecule has 204 valence electrons. The predicted molar refractivity (Wildman–Crippen MR) is 150 cm³/mol. The van der Waals surface area contributed by atoms with Gasteiger partial charge in [0, 0.05) is 26.2 Å². The minimum Gasteiger partial charge on any atom is -0.495 e. The maximum absolute atomic E-state index is 13.3. The number of anilines is 2. The van der Waals surface area contributed by atoms with Gasteiger partial charge in [0.2, 0.25) is 15.9 Å². The van der Waals surface area contributed by atoms with E-state index in [9.17, 15) is 13.2 Å². The summed E-state index contributed by atoms with van der Waals surface area (Å²) >= 11 is 0. The molecule has 0 N–H and O–H groups in total. The molecule has 0 aromatic heterocycles. The number of carbonyl (C=O) groups is 1. The van der Waals surface area contributed by atoms with Crippen molar-refractivity contribution >= 4 is 27.3 Å². The van der Waals surface area contributed by atoms with Crippen LogP contribution in [0, 0.1) is 17.8 Å². The van der Waals surface area contributed by atoms with Crippen LogP contribution in [0.1, 0.15) is 44.1 Å². The molecule has 1 saturated heterocycles. The Labute approximate surface area is 226 Å². The first-order valence-corrected chi connectivity index (χ1v) is 15.8. The van der Waals surface area contributed by atoms with Gasteiger partial charge in [0.05, 0.1) is 24.7 Å². The third kappa shape index (κ3) is 4.76. The highest BCUT2D eigenvalue weighted by Gasteiger charge is 2.51. The molecule has 0 radical (unpaired) electrons. The summed E-state index contributed by atoms with van der Waals surface area (Å²) in [6.07, 6.45) is 9.19. The van der Waals surface area contributed by atoms with E-state index in [1.165, 1.54) is 54.6 Å². The summed E-state index contributed by atoms with van der Waals surface area (Å²) in [7, 11) is -1.95. The highest BCUT2D eigenvalue weighted by Crippen LogP contribution is 2.60. The molecular weight excluding hydrogens is 498 g/mol. The Kier molecular flexibility index (Phi) is 6.57. The molecule has 4 saturated carbocycles. The van der Waals surface area contributed by atoms with E-state index in [1.807, 2.05) is 36.4 Å². The number of carbonyl (C=O) groups excluding carboxylic acids is 1. The van der Waals surface area contributed by atoms with Crippen molar-refractivity contribution in [2.75, 3.05) is 55.3 Å². The number of amides is 1. The quantitative estimate of drug-likeness (QED) is 0.528. The van der Waals surface area contributed by atoms with Gasteiger partial charge in [-0.1, -0.05) is 24.3 Å². The van der Waals surface area contributed by atoms with Crippen LogP contribution in [0.15, 0.2) is 48.5 Å². The Morgan fingerprint density at radius 1 is 0.921 bits per heavy atom. The smallest absolute Gasteiger partial charge is 0.243 e. The van der Waals surface area contributed by atoms with Crippen LogP contribution in [-0.2, 0) is 20.2 Å². The van der Waals surface area contributed by atoms with E-state index in [0.29, 0.717) is 31.9 Å². The molecular formula is C30H39N3O4S. The zero-order chi connectivity index (χ0) is 26.5. The molecule has 5 aliphatic rings. The van der Waals surface area contributed by atoms with Gasteiger partial charge in [0.1, 0.15) is 12.3 Å². The first-order valence-electron chi connectivity index (χ1n) is 14.0. The second kappa shape index (κ2) is 9.78. The Hall–Kier alpha value is -2.74. The number of hydrogen-bond acceptors (Lipinski definition) is 5. The number of benzene rings is 2. The van der Waals surface area contributed by atoms with Gasteiger partial charge in [-0.15, -0.1) is 0 Å². The molecule has 0 unspecified atom stereocenters. The first-order chi connectivity index (χ1) is 18.2. The van der Waals surface area contributed by atoms with Crippen LogP contribution in [0.4, 0.5) is 11.4 Å². The maximum atomic E-state index is 13.3. The summed E-state index contributed by atoms with van der Waals surface area (Å²) in [5, 5.41) is 0. The fourth-order valence-corrected chi connectivity index (χ4v) is 9.01. The summed E-state index contributed by atoms with van der Waals surface area (Å²) in [6.45, 7) is 2.25. The van der Waals surface area contributed by atoms with E-state index in [4.69, 9.17) is 4.74 Å². The van der Waals surface area contributed by atoms with Crippen LogP contribution in [0.5, 0.6) is 5.75 Å². The Balaban J connectivity index is 1.13. The fourth-order valence-electron chi connectivity index (χ4n) is 8.16. The lowest BCUT2D eigenvalue weighted by Crippen LogP contribution is -2.52. The third-order valence-electron chi connectivity index (χ3n) is 9.54. The van der Waals surface area contributed by atoms with Crippen LogP contribution in [0.25, 0.3) is 0 Å². The van der Waals surface area contributed by atoms with Gasteiger partial charge in [0.15, 0.2) is 0 Å². The minimum absolute atomic E-state index is 0.166. The minimum atomic E-state index is -3.61. The van der Waals surface area contributed by atoms with Crippen molar-refractivity contribution in [3.05, 3.63) is 54.1 Å². The first kappa shape index (κ1) is 25.5. The molecule has 2 aromatic carbocycles. The van der Waals surface area contributed by atoms with Gasteiger partial charge in [-0.3, -0.25) is 9.10 Å². The van der Waals surface area contributed by atoms with Gasteiger partial charge >= 0.3 is 0 Å². The van der Waals surface area contributed by atoms with E-state index in [0.717, 1.165) is 29.2 Å². The van der Waals surface area contributed by atoms with Crippen molar-refractivity contribution in [3.63, 3.8) is 0 Å². The normalized spacial score (nSPS) is 28.4. The average Bonchev–Trinajstić information content (AvgIpc) is 2.90. The van der Waals surface area contributed by atoms with Crippen molar-refractivity contribution in [3.8, 4) is 5.75 Å². The van der Waals surface area contributed by atoms with Gasteiger partial charge in [-0.2, -0.15) is 0 Å². The topological polar surface area (TPSA) is 70.2 Å². The van der Waals surface area contributed by atoms with Crippen molar-refractivity contribution < 1.29 is 17.9 Å². The van der Waals surface area contributed by atoms with Crippen molar-refractivity contribution in [1.29, 1.82) is 0 Å². The van der Waals surface area contributed by atoms with Crippen molar-refractivity contribution in [1.82, 2.24) is 4.90 Å². The van der Waals surface area contributed by atoms with Crippen LogP contribution >= 0.6 is 0 Å². The monoisotopic (exact) mass is 537 g/mol. The lowest BCUT2D eigenvalue weighted by molar-refractivity contribution is -0.129. The van der Waals surface area contributed by atoms with Crippen LogP contribution in [-0.4, -0.2) is 65.3 Å². The number of sulfonamides is 1. The number of para-hydroxylation sites is 2. The molecule has 7 rings (SSSR count). The van der Waals surface area contributed by atoms with Gasteiger partial charge < -0.3 is 14.5 Å². The lowest BCUT2D eigenvalue weighted by atomic mass is 9.48. The number of rotatable bonds is 7. The van der Waals surface area contributed by atoms with Gasteiger partial charge in [-0.05, 0) is 91.5 Å². The van der Waals surface area contributed by atoms with Crippen LogP contribution in [0.3, 0.4) is 0 Å². The molecule has 1 heterocycles. The number of methoxy groups -OCH3 is 1. The number of hydrogen-bond donors (Lipinski definition) is 0. The number of piperazine rings is 1. The van der Waals surface area contributed by atoms with Gasteiger partial charge in [0.25, 0.3) is 0 Å². The van der Waals surface area contributed by atoms with Crippen LogP contribution in [0.2, 0.25) is 0 Å². The molecule has 5 fully saturated rings. The maximum Gasteiger partial charge on any atom is 0.243 e. The zero-order valence-corrected chi connectivity index (χ0v) is 23.3. The predicted octanol–water partition coefficient (Wildman–Crippen LogP) is 4.28. The third-order valence-corrected chi connectivity index (χ3v) is 10.7. The van der Waals surface area contributed by atoms with E-state index in [2.05, 4.69) is 17.0 Å². The molecule has 2 aromatic rings.